The van der Waals surface area contributed by atoms with Crippen LogP contribution in [0.25, 0.3) is 0 Å². The van der Waals surface area contributed by atoms with E-state index in [0.29, 0.717) is 23.2 Å². The molecule has 0 saturated carbocycles. The number of rotatable bonds is 3. The minimum Gasteiger partial charge on any atom is -0.482 e. The van der Waals surface area contributed by atoms with Gasteiger partial charge < -0.3 is 21.1 Å². The second-order valence-corrected chi connectivity index (χ2v) is 4.23. The molecule has 0 fully saturated rings. The lowest BCUT2D eigenvalue weighted by atomic mass is 10.1. The number of carbonyl (C=O) groups is 1. The second-order valence-electron chi connectivity index (χ2n) is 4.23. The van der Waals surface area contributed by atoms with E-state index in [1.54, 1.807) is 6.07 Å². The first-order chi connectivity index (χ1) is 8.10. The topological polar surface area (TPSA) is 76.4 Å². The maximum absolute atomic E-state index is 11.2. The average Bonchev–Trinajstić information content (AvgIpc) is 2.30. The lowest BCUT2D eigenvalue weighted by Crippen LogP contribution is -2.26. The third-order valence-corrected chi connectivity index (χ3v) is 2.80. The summed E-state index contributed by atoms with van der Waals surface area (Å²) < 4.78 is 5.28. The summed E-state index contributed by atoms with van der Waals surface area (Å²) in [4.78, 5) is 11.2. The molecule has 1 unspecified atom stereocenters. The molecule has 0 aromatic heterocycles. The van der Waals surface area contributed by atoms with Crippen molar-refractivity contribution in [1.82, 2.24) is 0 Å². The predicted octanol–water partition coefficient (Wildman–Crippen LogP) is 1.81. The molecule has 1 aliphatic heterocycles. The molecule has 0 spiro atoms. The molecule has 0 saturated heterocycles. The van der Waals surface area contributed by atoms with Crippen LogP contribution in [0.5, 0.6) is 5.75 Å². The Balaban J connectivity index is 2.29. The molecular formula is C12H17N3O2. The zero-order chi connectivity index (χ0) is 12.4. The van der Waals surface area contributed by atoms with Crippen molar-refractivity contribution in [2.24, 2.45) is 0 Å². The first-order valence-electron chi connectivity index (χ1n) is 5.73. The minimum absolute atomic E-state index is 0.0462. The van der Waals surface area contributed by atoms with E-state index in [4.69, 9.17) is 10.5 Å². The predicted molar refractivity (Wildman–Crippen MR) is 68.4 cm³/mol. The average molecular weight is 235 g/mol. The smallest absolute Gasteiger partial charge is 0.262 e. The van der Waals surface area contributed by atoms with E-state index >= 15 is 0 Å². The Morgan fingerprint density at radius 3 is 3.06 bits per heavy atom. The van der Waals surface area contributed by atoms with Gasteiger partial charge in [-0.1, -0.05) is 6.92 Å². The van der Waals surface area contributed by atoms with Crippen molar-refractivity contribution in [2.75, 3.05) is 23.0 Å². The molecule has 0 radical (unpaired) electrons. The van der Waals surface area contributed by atoms with Crippen LogP contribution in [0.2, 0.25) is 0 Å². The van der Waals surface area contributed by atoms with Gasteiger partial charge in [-0.2, -0.15) is 0 Å². The van der Waals surface area contributed by atoms with Crippen molar-refractivity contribution in [2.45, 2.75) is 26.3 Å². The van der Waals surface area contributed by atoms with Gasteiger partial charge >= 0.3 is 0 Å². The molecule has 5 heteroatoms. The lowest BCUT2D eigenvalue weighted by Gasteiger charge is -2.21. The van der Waals surface area contributed by atoms with E-state index in [1.165, 1.54) is 0 Å². The second kappa shape index (κ2) is 4.53. The van der Waals surface area contributed by atoms with E-state index in [9.17, 15) is 4.79 Å². The zero-order valence-electron chi connectivity index (χ0n) is 10.0. The largest absolute Gasteiger partial charge is 0.482 e. The van der Waals surface area contributed by atoms with Gasteiger partial charge in [-0.25, -0.2) is 0 Å². The highest BCUT2D eigenvalue weighted by Crippen LogP contribution is 2.35. The van der Waals surface area contributed by atoms with Gasteiger partial charge in [-0.3, -0.25) is 4.79 Å². The first-order valence-corrected chi connectivity index (χ1v) is 5.73. The molecule has 1 amide bonds. The monoisotopic (exact) mass is 235 g/mol. The fourth-order valence-corrected chi connectivity index (χ4v) is 1.63. The summed E-state index contributed by atoms with van der Waals surface area (Å²) in [6.45, 7) is 4.22. The van der Waals surface area contributed by atoms with Crippen LogP contribution in [0.4, 0.5) is 17.1 Å². The summed E-state index contributed by atoms with van der Waals surface area (Å²) in [6.07, 6.45) is 0.999. The summed E-state index contributed by atoms with van der Waals surface area (Å²) in [5.74, 6) is 0.480. The number of anilines is 3. The van der Waals surface area contributed by atoms with Crippen LogP contribution >= 0.6 is 0 Å². The van der Waals surface area contributed by atoms with Crippen molar-refractivity contribution in [1.29, 1.82) is 0 Å². The Hall–Kier alpha value is -1.91. The number of hydrogen-bond donors (Lipinski definition) is 3. The highest BCUT2D eigenvalue weighted by atomic mass is 16.5. The highest BCUT2D eigenvalue weighted by molar-refractivity contribution is 5.97. The van der Waals surface area contributed by atoms with Crippen molar-refractivity contribution >= 4 is 23.0 Å². The van der Waals surface area contributed by atoms with Gasteiger partial charge in [-0.15, -0.1) is 0 Å². The Morgan fingerprint density at radius 1 is 1.59 bits per heavy atom. The number of nitrogens with one attached hydrogen (secondary N) is 2. The molecule has 1 aliphatic rings. The van der Waals surface area contributed by atoms with Crippen LogP contribution < -0.4 is 21.1 Å². The van der Waals surface area contributed by atoms with Gasteiger partial charge in [0.05, 0.1) is 17.1 Å². The van der Waals surface area contributed by atoms with Gasteiger partial charge in [-0.05, 0) is 19.4 Å². The molecule has 0 aliphatic carbocycles. The Kier molecular flexibility index (Phi) is 3.08. The van der Waals surface area contributed by atoms with E-state index in [0.717, 1.165) is 12.1 Å². The molecule has 17 heavy (non-hydrogen) atoms. The Labute approximate surface area is 100 Å². The van der Waals surface area contributed by atoms with Crippen LogP contribution in [-0.4, -0.2) is 18.6 Å². The van der Waals surface area contributed by atoms with Crippen molar-refractivity contribution in [3.63, 3.8) is 0 Å². The molecule has 1 atom stereocenters. The first kappa shape index (κ1) is 11.6. The normalized spacial score (nSPS) is 15.5. The van der Waals surface area contributed by atoms with Crippen LogP contribution in [0, 0.1) is 0 Å². The quantitative estimate of drug-likeness (QED) is 0.698. The summed E-state index contributed by atoms with van der Waals surface area (Å²) in [5, 5.41) is 6.05. The van der Waals surface area contributed by atoms with Gasteiger partial charge in [0.25, 0.3) is 5.91 Å². The molecule has 1 aromatic carbocycles. The van der Waals surface area contributed by atoms with E-state index < -0.39 is 0 Å². The number of nitrogens with two attached hydrogens (primary N) is 1. The molecule has 4 N–H and O–H groups in total. The number of nitrogen functional groups attached to an aromatic ring is 1. The fraction of sp³-hybridized carbons (Fsp3) is 0.417. The highest BCUT2D eigenvalue weighted by Gasteiger charge is 2.18. The van der Waals surface area contributed by atoms with Crippen LogP contribution in [0.1, 0.15) is 20.3 Å². The van der Waals surface area contributed by atoms with Crippen LogP contribution in [0.15, 0.2) is 12.1 Å². The number of ether oxygens (including phenoxy) is 1. The fourth-order valence-electron chi connectivity index (χ4n) is 1.63. The van der Waals surface area contributed by atoms with Crippen molar-refractivity contribution in [3.8, 4) is 5.75 Å². The van der Waals surface area contributed by atoms with E-state index in [2.05, 4.69) is 24.5 Å². The molecular weight excluding hydrogens is 218 g/mol. The maximum Gasteiger partial charge on any atom is 0.262 e. The van der Waals surface area contributed by atoms with E-state index in [1.807, 2.05) is 6.07 Å². The van der Waals surface area contributed by atoms with Gasteiger partial charge in [0, 0.05) is 12.1 Å². The molecule has 2 rings (SSSR count). The number of amides is 1. The number of fused-ring (bicyclic) bond motifs is 1. The number of hydrogen-bond acceptors (Lipinski definition) is 4. The summed E-state index contributed by atoms with van der Waals surface area (Å²) in [5.41, 5.74) is 8.04. The lowest BCUT2D eigenvalue weighted by molar-refractivity contribution is -0.118. The van der Waals surface area contributed by atoms with Crippen LogP contribution in [-0.2, 0) is 4.79 Å². The summed E-state index contributed by atoms with van der Waals surface area (Å²) >= 11 is 0. The number of benzene rings is 1. The Morgan fingerprint density at radius 2 is 2.35 bits per heavy atom. The standard InChI is InChI=1S/C12H17N3O2/c1-3-7(2)14-9-5-10-11(4-8(9)13)17-6-12(16)15-10/h4-5,7,14H,3,6,13H2,1-2H3,(H,15,16). The third-order valence-electron chi connectivity index (χ3n) is 2.80. The van der Waals surface area contributed by atoms with Crippen LogP contribution in [0.3, 0.4) is 0 Å². The molecule has 1 aromatic rings. The molecule has 1 heterocycles. The van der Waals surface area contributed by atoms with E-state index in [-0.39, 0.29) is 12.5 Å². The zero-order valence-corrected chi connectivity index (χ0v) is 10.0. The van der Waals surface area contributed by atoms with Crippen molar-refractivity contribution < 1.29 is 9.53 Å². The molecule has 0 bridgehead atoms. The molecule has 5 nitrogen and oxygen atoms in total. The minimum atomic E-state index is -0.142. The molecule has 92 valence electrons. The summed E-state index contributed by atoms with van der Waals surface area (Å²) in [6, 6.07) is 3.88. The van der Waals surface area contributed by atoms with Gasteiger partial charge in [0.15, 0.2) is 6.61 Å². The summed E-state index contributed by atoms with van der Waals surface area (Å²) in [7, 11) is 0. The number of carbonyl (C=O) groups excluding carboxylic acids is 1. The Bertz CT molecular complexity index is 446. The SMILES string of the molecule is CCC(C)Nc1cc2c(cc1N)OCC(=O)N2. The van der Waals surface area contributed by atoms with Gasteiger partial charge in [0.1, 0.15) is 5.75 Å². The van der Waals surface area contributed by atoms with Crippen molar-refractivity contribution in [3.05, 3.63) is 12.1 Å². The third kappa shape index (κ3) is 2.43. The maximum atomic E-state index is 11.2. The van der Waals surface area contributed by atoms with Gasteiger partial charge in [0.2, 0.25) is 0 Å².